The van der Waals surface area contributed by atoms with Crippen molar-refractivity contribution in [3.05, 3.63) is 46.7 Å². The number of allylic oxidation sites excluding steroid dienone is 1. The Balaban J connectivity index is 3.55. The van der Waals surface area contributed by atoms with Crippen molar-refractivity contribution in [1.82, 2.24) is 4.90 Å². The highest BCUT2D eigenvalue weighted by molar-refractivity contribution is 6.06. The standard InChI is InChI=1S/C16H16F7NO/c1-9-7-11(14(17,15(18,19)20)16(21,22)23)8-10(2)13(9)12(25)5-6-24(3)4/h5-8H,1-4H3/b6-5+. The highest BCUT2D eigenvalue weighted by Gasteiger charge is 2.73. The smallest absolute Gasteiger partial charge is 0.383 e. The van der Waals surface area contributed by atoms with Gasteiger partial charge in [-0.1, -0.05) is 12.1 Å². The largest absolute Gasteiger partial charge is 0.435 e. The summed E-state index contributed by atoms with van der Waals surface area (Å²) in [4.78, 5) is 13.6. The van der Waals surface area contributed by atoms with Crippen molar-refractivity contribution in [3.63, 3.8) is 0 Å². The molecule has 1 aromatic carbocycles. The second-order valence-corrected chi connectivity index (χ2v) is 5.78. The summed E-state index contributed by atoms with van der Waals surface area (Å²) in [7, 11) is 3.24. The third kappa shape index (κ3) is 3.96. The van der Waals surface area contributed by atoms with E-state index in [9.17, 15) is 35.5 Å². The zero-order chi connectivity index (χ0) is 19.8. The molecule has 0 spiro atoms. The van der Waals surface area contributed by atoms with Crippen LogP contribution in [-0.2, 0) is 5.67 Å². The van der Waals surface area contributed by atoms with Crippen LogP contribution in [-0.4, -0.2) is 37.1 Å². The lowest BCUT2D eigenvalue weighted by Crippen LogP contribution is -2.50. The van der Waals surface area contributed by atoms with Gasteiger partial charge in [-0.2, -0.15) is 26.3 Å². The molecule has 0 saturated carbocycles. The first-order valence-electron chi connectivity index (χ1n) is 6.96. The van der Waals surface area contributed by atoms with Crippen LogP contribution >= 0.6 is 0 Å². The fourth-order valence-corrected chi connectivity index (χ4v) is 2.34. The van der Waals surface area contributed by atoms with Gasteiger partial charge < -0.3 is 4.90 Å². The Kier molecular flexibility index (Phi) is 5.61. The zero-order valence-electron chi connectivity index (χ0n) is 13.8. The van der Waals surface area contributed by atoms with Crippen molar-refractivity contribution < 1.29 is 35.5 Å². The van der Waals surface area contributed by atoms with Crippen LogP contribution in [0.1, 0.15) is 27.0 Å². The molecule has 140 valence electrons. The van der Waals surface area contributed by atoms with Crippen LogP contribution in [0.4, 0.5) is 30.7 Å². The van der Waals surface area contributed by atoms with Crippen LogP contribution in [0.3, 0.4) is 0 Å². The van der Waals surface area contributed by atoms with Crippen LogP contribution in [0.5, 0.6) is 0 Å². The maximum absolute atomic E-state index is 14.1. The molecule has 0 aliphatic carbocycles. The molecule has 0 aromatic heterocycles. The van der Waals surface area contributed by atoms with Crippen LogP contribution in [0, 0.1) is 13.8 Å². The third-order valence-corrected chi connectivity index (χ3v) is 3.48. The maximum Gasteiger partial charge on any atom is 0.435 e. The van der Waals surface area contributed by atoms with E-state index in [1.165, 1.54) is 11.1 Å². The molecular formula is C16H16F7NO. The molecule has 1 aromatic rings. The number of ketones is 1. The minimum Gasteiger partial charge on any atom is -0.383 e. The highest BCUT2D eigenvalue weighted by atomic mass is 19.4. The maximum atomic E-state index is 14.1. The van der Waals surface area contributed by atoms with Gasteiger partial charge in [0.15, 0.2) is 5.78 Å². The lowest BCUT2D eigenvalue weighted by atomic mass is 9.88. The van der Waals surface area contributed by atoms with E-state index in [0.717, 1.165) is 19.9 Å². The third-order valence-electron chi connectivity index (χ3n) is 3.48. The molecule has 0 amide bonds. The van der Waals surface area contributed by atoms with Crippen molar-refractivity contribution in [2.45, 2.75) is 31.9 Å². The number of halogens is 7. The van der Waals surface area contributed by atoms with Gasteiger partial charge in [-0.3, -0.25) is 4.79 Å². The highest BCUT2D eigenvalue weighted by Crippen LogP contribution is 2.53. The van der Waals surface area contributed by atoms with E-state index in [1.807, 2.05) is 0 Å². The van der Waals surface area contributed by atoms with Gasteiger partial charge in [0.1, 0.15) is 0 Å². The normalized spacial score (nSPS) is 13.4. The van der Waals surface area contributed by atoms with Crippen LogP contribution in [0.2, 0.25) is 0 Å². The monoisotopic (exact) mass is 371 g/mol. The van der Waals surface area contributed by atoms with E-state index in [4.69, 9.17) is 0 Å². The second-order valence-electron chi connectivity index (χ2n) is 5.78. The van der Waals surface area contributed by atoms with E-state index in [0.29, 0.717) is 12.1 Å². The van der Waals surface area contributed by atoms with E-state index in [2.05, 4.69) is 0 Å². The summed E-state index contributed by atoms with van der Waals surface area (Å²) in [6.07, 6.45) is -9.90. The Hall–Kier alpha value is -2.06. The summed E-state index contributed by atoms with van der Waals surface area (Å²) in [5, 5.41) is 0. The summed E-state index contributed by atoms with van der Waals surface area (Å²) < 4.78 is 91.2. The number of carbonyl (C=O) groups excluding carboxylic acids is 1. The molecule has 0 aliphatic heterocycles. The predicted molar refractivity (Wildman–Crippen MR) is 78.0 cm³/mol. The first kappa shape index (κ1) is 21.0. The van der Waals surface area contributed by atoms with Crippen molar-refractivity contribution in [2.24, 2.45) is 0 Å². The molecule has 0 bridgehead atoms. The van der Waals surface area contributed by atoms with E-state index in [-0.39, 0.29) is 16.7 Å². The van der Waals surface area contributed by atoms with Gasteiger partial charge in [0.25, 0.3) is 0 Å². The minimum absolute atomic E-state index is 0.0754. The van der Waals surface area contributed by atoms with E-state index >= 15 is 0 Å². The number of hydrogen-bond donors (Lipinski definition) is 0. The average molecular weight is 371 g/mol. The number of nitrogens with zero attached hydrogens (tertiary/aromatic N) is 1. The quantitative estimate of drug-likeness (QED) is 0.428. The predicted octanol–water partition coefficient (Wildman–Crippen LogP) is 4.85. The Morgan fingerprint density at radius 1 is 0.920 bits per heavy atom. The summed E-state index contributed by atoms with van der Waals surface area (Å²) in [6, 6.07) is 0.815. The first-order valence-corrected chi connectivity index (χ1v) is 6.96. The molecule has 0 atom stereocenters. The average Bonchev–Trinajstić information content (AvgIpc) is 2.40. The summed E-state index contributed by atoms with van der Waals surface area (Å²) >= 11 is 0. The molecule has 0 heterocycles. The van der Waals surface area contributed by atoms with Crippen molar-refractivity contribution in [2.75, 3.05) is 14.1 Å². The van der Waals surface area contributed by atoms with Crippen LogP contribution < -0.4 is 0 Å². The molecule has 0 radical (unpaired) electrons. The number of hydrogen-bond acceptors (Lipinski definition) is 2. The van der Waals surface area contributed by atoms with Gasteiger partial charge in [-0.25, -0.2) is 4.39 Å². The molecule has 0 saturated heterocycles. The number of aryl methyl sites for hydroxylation is 2. The summed E-state index contributed by atoms with van der Waals surface area (Å²) in [6.45, 7) is 2.31. The minimum atomic E-state index is -6.19. The second kappa shape index (κ2) is 6.68. The number of alkyl halides is 7. The summed E-state index contributed by atoms with van der Waals surface area (Å²) in [5.41, 5.74) is -7.56. The van der Waals surface area contributed by atoms with Gasteiger partial charge in [0.2, 0.25) is 0 Å². The molecule has 9 heteroatoms. The number of benzene rings is 1. The number of rotatable bonds is 4. The molecule has 1 rings (SSSR count). The topological polar surface area (TPSA) is 20.3 Å². The Morgan fingerprint density at radius 2 is 1.32 bits per heavy atom. The summed E-state index contributed by atoms with van der Waals surface area (Å²) in [5.74, 6) is -0.612. The lowest BCUT2D eigenvalue weighted by molar-refractivity contribution is -0.348. The first-order chi connectivity index (χ1) is 11.1. The lowest BCUT2D eigenvalue weighted by Gasteiger charge is -2.31. The van der Waals surface area contributed by atoms with Crippen LogP contribution in [0.15, 0.2) is 24.4 Å². The Morgan fingerprint density at radius 3 is 1.64 bits per heavy atom. The Bertz CT molecular complexity index is 650. The molecule has 0 fully saturated rings. The molecule has 0 unspecified atom stereocenters. The van der Waals surface area contributed by atoms with Crippen LogP contribution in [0.25, 0.3) is 0 Å². The van der Waals surface area contributed by atoms with Crippen molar-refractivity contribution in [1.29, 1.82) is 0 Å². The molecule has 0 aliphatic rings. The van der Waals surface area contributed by atoms with Gasteiger partial charge in [0, 0.05) is 37.5 Å². The molecular weight excluding hydrogens is 355 g/mol. The SMILES string of the molecule is Cc1cc(C(F)(C(F)(F)F)C(F)(F)F)cc(C)c1C(=O)/C=C/N(C)C. The van der Waals surface area contributed by atoms with E-state index in [1.54, 1.807) is 14.1 Å². The fraction of sp³-hybridized carbons (Fsp3) is 0.438. The molecule has 2 nitrogen and oxygen atoms in total. The zero-order valence-corrected chi connectivity index (χ0v) is 13.8. The molecule has 0 N–H and O–H groups in total. The number of carbonyl (C=O) groups is 1. The van der Waals surface area contributed by atoms with Crippen molar-refractivity contribution >= 4 is 5.78 Å². The van der Waals surface area contributed by atoms with Gasteiger partial charge in [-0.15, -0.1) is 0 Å². The van der Waals surface area contributed by atoms with Crippen molar-refractivity contribution in [3.8, 4) is 0 Å². The fourth-order valence-electron chi connectivity index (χ4n) is 2.34. The molecule has 25 heavy (non-hydrogen) atoms. The van der Waals surface area contributed by atoms with E-state index < -0.39 is 29.4 Å². The van der Waals surface area contributed by atoms with Gasteiger partial charge in [-0.05, 0) is 25.0 Å². The van der Waals surface area contributed by atoms with Gasteiger partial charge in [0.05, 0.1) is 0 Å². The van der Waals surface area contributed by atoms with Gasteiger partial charge >= 0.3 is 18.0 Å². The Labute approximate surface area is 139 Å².